The lowest BCUT2D eigenvalue weighted by molar-refractivity contribution is 0.0946. The molecule has 0 aliphatic carbocycles. The van der Waals surface area contributed by atoms with Crippen molar-refractivity contribution in [1.29, 1.82) is 0 Å². The van der Waals surface area contributed by atoms with Gasteiger partial charge in [-0.25, -0.2) is 0 Å². The van der Waals surface area contributed by atoms with Gasteiger partial charge in [0, 0.05) is 32.6 Å². The van der Waals surface area contributed by atoms with E-state index in [1.807, 2.05) is 24.3 Å². The highest BCUT2D eigenvalue weighted by Crippen LogP contribution is 2.42. The van der Waals surface area contributed by atoms with Gasteiger partial charge in [0.15, 0.2) is 17.3 Å². The first-order valence-corrected chi connectivity index (χ1v) is 11.2. The van der Waals surface area contributed by atoms with Gasteiger partial charge in [0.1, 0.15) is 11.6 Å². The van der Waals surface area contributed by atoms with Crippen LogP contribution in [0.2, 0.25) is 0 Å². The van der Waals surface area contributed by atoms with Gasteiger partial charge in [-0.15, -0.1) is 10.2 Å². The van der Waals surface area contributed by atoms with E-state index in [1.165, 1.54) is 0 Å². The molecule has 1 amide bonds. The highest BCUT2D eigenvalue weighted by molar-refractivity contribution is 5.96. The topological polar surface area (TPSA) is 100.0 Å². The predicted molar refractivity (Wildman–Crippen MR) is 122 cm³/mol. The number of amides is 1. The van der Waals surface area contributed by atoms with Gasteiger partial charge in [0.2, 0.25) is 12.5 Å². The molecule has 1 N–H and O–H groups in total. The number of hydrogen-bond donors (Lipinski definition) is 1. The van der Waals surface area contributed by atoms with Gasteiger partial charge in [-0.3, -0.25) is 9.69 Å². The van der Waals surface area contributed by atoms with Gasteiger partial charge in [-0.1, -0.05) is 12.1 Å². The van der Waals surface area contributed by atoms with Gasteiger partial charge in [-0.2, -0.15) is 0 Å². The summed E-state index contributed by atoms with van der Waals surface area (Å²) >= 11 is 0. The van der Waals surface area contributed by atoms with Crippen LogP contribution >= 0.6 is 0 Å². The number of nitrogens with one attached hydrogen (secondary N) is 1. The van der Waals surface area contributed by atoms with E-state index >= 15 is 0 Å². The zero-order valence-corrected chi connectivity index (χ0v) is 19.2. The lowest BCUT2D eigenvalue weighted by atomic mass is 10.1. The van der Waals surface area contributed by atoms with Crippen molar-refractivity contribution < 1.29 is 23.7 Å². The maximum atomic E-state index is 12.7. The molecule has 0 radical (unpaired) electrons. The predicted octanol–water partition coefficient (Wildman–Crippen LogP) is 2.01. The van der Waals surface area contributed by atoms with Gasteiger partial charge in [0.05, 0.1) is 26.3 Å². The first-order valence-electron chi connectivity index (χ1n) is 11.2. The molecule has 2 aliphatic rings. The fraction of sp³-hybridized carbons (Fsp3) is 0.375. The minimum absolute atomic E-state index is 0.207. The van der Waals surface area contributed by atoms with Gasteiger partial charge in [-0.05, 0) is 29.8 Å². The lowest BCUT2D eigenvalue weighted by Gasteiger charge is -2.20. The molecule has 0 fully saturated rings. The van der Waals surface area contributed by atoms with Crippen LogP contribution < -0.4 is 24.3 Å². The molecule has 10 nitrogen and oxygen atoms in total. The molecule has 2 aromatic carbocycles. The fourth-order valence-electron chi connectivity index (χ4n) is 4.34. The second-order valence-electron chi connectivity index (χ2n) is 8.13. The molecule has 10 heteroatoms. The molecule has 0 bridgehead atoms. The van der Waals surface area contributed by atoms with Crippen LogP contribution in [0.4, 0.5) is 0 Å². The maximum absolute atomic E-state index is 12.7. The molecule has 178 valence electrons. The Morgan fingerprint density at radius 3 is 2.76 bits per heavy atom. The molecular formula is C24H27N5O5. The van der Waals surface area contributed by atoms with E-state index in [0.717, 1.165) is 55.6 Å². The standard InChI is InChI=1S/C24H27N5O5/c1-31-18-6-4-3-5-17(18)24(30)25-13-22-27-26-21-7-8-28(9-10-29(21)22)14-16-11-19(32-2)23-20(12-16)33-15-34-23/h3-6,11-12H,7-10,13-15H2,1-2H3,(H,25,30). The van der Waals surface area contributed by atoms with Crippen LogP contribution in [-0.4, -0.2) is 59.7 Å². The average molecular weight is 466 g/mol. The third kappa shape index (κ3) is 4.36. The summed E-state index contributed by atoms with van der Waals surface area (Å²) in [5.74, 6) is 4.06. The molecule has 0 spiro atoms. The van der Waals surface area contributed by atoms with Crippen molar-refractivity contribution in [2.24, 2.45) is 0 Å². The van der Waals surface area contributed by atoms with Crippen molar-refractivity contribution >= 4 is 5.91 Å². The summed E-state index contributed by atoms with van der Waals surface area (Å²) in [6.45, 7) is 3.68. The number of aromatic nitrogens is 3. The largest absolute Gasteiger partial charge is 0.496 e. The normalized spacial score (nSPS) is 14.9. The zero-order chi connectivity index (χ0) is 23.5. The summed E-state index contributed by atoms with van der Waals surface area (Å²) in [7, 11) is 3.18. The van der Waals surface area contributed by atoms with E-state index in [9.17, 15) is 4.79 Å². The molecule has 3 heterocycles. The van der Waals surface area contributed by atoms with E-state index in [2.05, 4.69) is 25.0 Å². The highest BCUT2D eigenvalue weighted by atomic mass is 16.7. The smallest absolute Gasteiger partial charge is 0.255 e. The van der Waals surface area contributed by atoms with E-state index < -0.39 is 0 Å². The molecule has 0 unspecified atom stereocenters. The van der Waals surface area contributed by atoms with Crippen LogP contribution in [0.25, 0.3) is 0 Å². The quantitative estimate of drug-likeness (QED) is 0.566. The third-order valence-electron chi connectivity index (χ3n) is 6.08. The second kappa shape index (κ2) is 9.60. The summed E-state index contributed by atoms with van der Waals surface area (Å²) in [6.07, 6.45) is 0.773. The summed E-state index contributed by atoms with van der Waals surface area (Å²) in [4.78, 5) is 15.0. The van der Waals surface area contributed by atoms with E-state index in [-0.39, 0.29) is 12.7 Å². The average Bonchev–Trinajstić information content (AvgIpc) is 3.45. The summed E-state index contributed by atoms with van der Waals surface area (Å²) in [6, 6.07) is 11.2. The number of fused-ring (bicyclic) bond motifs is 2. The lowest BCUT2D eigenvalue weighted by Crippen LogP contribution is -2.28. The van der Waals surface area contributed by atoms with Crippen LogP contribution in [0.15, 0.2) is 36.4 Å². The minimum atomic E-state index is -0.207. The molecule has 0 atom stereocenters. The number of carbonyl (C=O) groups is 1. The van der Waals surface area contributed by atoms with Crippen LogP contribution in [0.3, 0.4) is 0 Å². The van der Waals surface area contributed by atoms with Gasteiger partial charge in [0.25, 0.3) is 5.91 Å². The highest BCUT2D eigenvalue weighted by Gasteiger charge is 2.23. The van der Waals surface area contributed by atoms with Crippen molar-refractivity contribution in [2.45, 2.75) is 26.1 Å². The Kier molecular flexibility index (Phi) is 6.22. The Hall–Kier alpha value is -3.79. The maximum Gasteiger partial charge on any atom is 0.255 e. The number of carbonyl (C=O) groups excluding carboxylic acids is 1. The van der Waals surface area contributed by atoms with Crippen molar-refractivity contribution in [3.05, 3.63) is 59.2 Å². The Morgan fingerprint density at radius 1 is 1.06 bits per heavy atom. The molecular weight excluding hydrogens is 438 g/mol. The molecule has 2 aliphatic heterocycles. The van der Waals surface area contributed by atoms with Crippen LogP contribution in [0.5, 0.6) is 23.0 Å². The number of methoxy groups -OCH3 is 2. The Balaban J connectivity index is 1.23. The molecule has 3 aromatic rings. The Bertz CT molecular complexity index is 1190. The Labute approximate surface area is 197 Å². The zero-order valence-electron chi connectivity index (χ0n) is 19.2. The third-order valence-corrected chi connectivity index (χ3v) is 6.08. The van der Waals surface area contributed by atoms with Crippen molar-refractivity contribution in [3.8, 4) is 23.0 Å². The van der Waals surface area contributed by atoms with Gasteiger partial charge < -0.3 is 28.8 Å². The van der Waals surface area contributed by atoms with Crippen LogP contribution in [-0.2, 0) is 26.1 Å². The second-order valence-corrected chi connectivity index (χ2v) is 8.13. The molecule has 0 saturated carbocycles. The number of para-hydroxylation sites is 1. The van der Waals surface area contributed by atoms with Crippen LogP contribution in [0.1, 0.15) is 27.6 Å². The van der Waals surface area contributed by atoms with Crippen LogP contribution in [0, 0.1) is 0 Å². The van der Waals surface area contributed by atoms with Crippen molar-refractivity contribution in [1.82, 2.24) is 25.0 Å². The number of nitrogens with zero attached hydrogens (tertiary/aromatic N) is 4. The van der Waals surface area contributed by atoms with Crippen molar-refractivity contribution in [2.75, 3.05) is 34.1 Å². The first kappa shape index (κ1) is 22.0. The molecule has 0 saturated heterocycles. The molecule has 5 rings (SSSR count). The summed E-state index contributed by atoms with van der Waals surface area (Å²) in [5, 5.41) is 11.6. The minimum Gasteiger partial charge on any atom is -0.496 e. The van der Waals surface area contributed by atoms with E-state index in [1.54, 1.807) is 26.4 Å². The first-order chi connectivity index (χ1) is 16.7. The number of rotatable bonds is 7. The van der Waals surface area contributed by atoms with Crippen molar-refractivity contribution in [3.63, 3.8) is 0 Å². The number of benzene rings is 2. The van der Waals surface area contributed by atoms with E-state index in [0.29, 0.717) is 29.4 Å². The SMILES string of the molecule is COc1ccccc1C(=O)NCc1nnc2n1CCN(Cc1cc(OC)c3c(c1)OCO3)CC2. The molecule has 34 heavy (non-hydrogen) atoms. The Morgan fingerprint density at radius 2 is 1.91 bits per heavy atom. The van der Waals surface area contributed by atoms with E-state index in [4.69, 9.17) is 18.9 Å². The number of hydrogen-bond acceptors (Lipinski definition) is 8. The fourth-order valence-corrected chi connectivity index (χ4v) is 4.34. The summed E-state index contributed by atoms with van der Waals surface area (Å²) in [5.41, 5.74) is 1.59. The molecule has 1 aromatic heterocycles. The summed E-state index contributed by atoms with van der Waals surface area (Å²) < 4.78 is 23.9. The number of ether oxygens (including phenoxy) is 4. The monoisotopic (exact) mass is 465 g/mol. The van der Waals surface area contributed by atoms with Gasteiger partial charge >= 0.3 is 0 Å².